The second-order valence-electron chi connectivity index (χ2n) is 3.33. The van der Waals surface area contributed by atoms with Gasteiger partial charge in [0.2, 0.25) is 0 Å². The average Bonchev–Trinajstić information content (AvgIpc) is 2.16. The number of phenolic OH excluding ortho intramolecular Hbond substituents is 1. The van der Waals surface area contributed by atoms with E-state index >= 15 is 0 Å². The van der Waals surface area contributed by atoms with E-state index in [-0.39, 0.29) is 35.8 Å². The number of halogens is 1. The summed E-state index contributed by atoms with van der Waals surface area (Å²) in [6.07, 6.45) is 0.379. The lowest BCUT2D eigenvalue weighted by atomic mass is 10.1. The summed E-state index contributed by atoms with van der Waals surface area (Å²) in [4.78, 5) is 21.9. The van der Waals surface area contributed by atoms with Crippen LogP contribution in [0.5, 0.6) is 5.75 Å². The third-order valence-electron chi connectivity index (χ3n) is 2.05. The molecule has 0 amide bonds. The van der Waals surface area contributed by atoms with E-state index in [1.54, 1.807) is 0 Å². The number of carbonyl (C=O) groups is 2. The summed E-state index contributed by atoms with van der Waals surface area (Å²) in [5.74, 6) is -1.15. The second kappa shape index (κ2) is 5.51. The van der Waals surface area contributed by atoms with E-state index in [1.807, 2.05) is 0 Å². The first-order valence-electron chi connectivity index (χ1n) is 4.74. The monoisotopic (exact) mass is 242 g/mol. The predicted octanol–water partition coefficient (Wildman–Crippen LogP) is 2.48. The highest BCUT2D eigenvalue weighted by molar-refractivity contribution is 6.34. The normalized spacial score (nSPS) is 10.1. The molecule has 1 aromatic rings. The lowest BCUT2D eigenvalue weighted by molar-refractivity contribution is -0.137. The molecule has 0 aromatic heterocycles. The Morgan fingerprint density at radius 3 is 2.50 bits per heavy atom. The Kier molecular flexibility index (Phi) is 4.31. The predicted molar refractivity (Wildman–Crippen MR) is 58.9 cm³/mol. The molecular weight excluding hydrogens is 232 g/mol. The van der Waals surface area contributed by atoms with Gasteiger partial charge in [-0.2, -0.15) is 0 Å². The van der Waals surface area contributed by atoms with E-state index in [1.165, 1.54) is 18.2 Å². The Labute approximate surface area is 97.5 Å². The first-order chi connectivity index (χ1) is 7.50. The Balaban J connectivity index is 2.63. The van der Waals surface area contributed by atoms with Crippen LogP contribution in [0.1, 0.15) is 29.6 Å². The number of benzene rings is 1. The molecule has 1 rings (SSSR count). The van der Waals surface area contributed by atoms with Gasteiger partial charge in [-0.1, -0.05) is 11.6 Å². The lowest BCUT2D eigenvalue weighted by Gasteiger charge is -2.03. The molecule has 16 heavy (non-hydrogen) atoms. The number of ketones is 1. The molecule has 0 aliphatic rings. The Hall–Kier alpha value is -1.55. The van der Waals surface area contributed by atoms with E-state index in [0.717, 1.165) is 0 Å². The third-order valence-corrected chi connectivity index (χ3v) is 2.36. The standard InChI is InChI=1S/C11H11ClO4/c12-9-6-7(13)4-5-8(9)10(14)2-1-3-11(15)16/h4-6,13H,1-3H2,(H,15,16). The van der Waals surface area contributed by atoms with E-state index in [2.05, 4.69) is 0 Å². The van der Waals surface area contributed by atoms with Gasteiger partial charge < -0.3 is 10.2 Å². The molecule has 1 aromatic carbocycles. The van der Waals surface area contributed by atoms with Crippen LogP contribution in [-0.4, -0.2) is 22.0 Å². The topological polar surface area (TPSA) is 74.6 Å². The highest BCUT2D eigenvalue weighted by Crippen LogP contribution is 2.23. The van der Waals surface area contributed by atoms with Crippen LogP contribution >= 0.6 is 11.6 Å². The van der Waals surface area contributed by atoms with Gasteiger partial charge in [-0.25, -0.2) is 0 Å². The molecule has 4 nitrogen and oxygen atoms in total. The molecule has 5 heteroatoms. The summed E-state index contributed by atoms with van der Waals surface area (Å²) < 4.78 is 0. The van der Waals surface area contributed by atoms with Crippen molar-refractivity contribution >= 4 is 23.4 Å². The largest absolute Gasteiger partial charge is 0.508 e. The minimum Gasteiger partial charge on any atom is -0.508 e. The van der Waals surface area contributed by atoms with Crippen LogP contribution in [0, 0.1) is 0 Å². The van der Waals surface area contributed by atoms with E-state index in [9.17, 15) is 9.59 Å². The van der Waals surface area contributed by atoms with Gasteiger partial charge in [-0.3, -0.25) is 9.59 Å². The molecule has 0 fully saturated rings. The number of Topliss-reactive ketones (excluding diaryl/α,β-unsaturated/α-hetero) is 1. The fourth-order valence-corrected chi connectivity index (χ4v) is 1.55. The molecule has 0 spiro atoms. The summed E-state index contributed by atoms with van der Waals surface area (Å²) in [5, 5.41) is 17.7. The van der Waals surface area contributed by atoms with Crippen LogP contribution in [-0.2, 0) is 4.79 Å². The SMILES string of the molecule is O=C(O)CCCC(=O)c1ccc(O)cc1Cl. The molecule has 0 radical (unpaired) electrons. The molecule has 0 heterocycles. The van der Waals surface area contributed by atoms with Crippen LogP contribution in [0.3, 0.4) is 0 Å². The van der Waals surface area contributed by atoms with Crippen molar-refractivity contribution in [2.24, 2.45) is 0 Å². The fourth-order valence-electron chi connectivity index (χ4n) is 1.26. The number of rotatable bonds is 5. The maximum absolute atomic E-state index is 11.6. The lowest BCUT2D eigenvalue weighted by Crippen LogP contribution is -2.02. The van der Waals surface area contributed by atoms with Crippen molar-refractivity contribution in [1.82, 2.24) is 0 Å². The number of carboxylic acid groups (broad SMARTS) is 1. The Morgan fingerprint density at radius 2 is 1.94 bits per heavy atom. The molecule has 0 saturated carbocycles. The molecule has 86 valence electrons. The number of aromatic hydroxyl groups is 1. The first-order valence-corrected chi connectivity index (χ1v) is 5.12. The van der Waals surface area contributed by atoms with E-state index in [4.69, 9.17) is 21.8 Å². The molecule has 0 unspecified atom stereocenters. The average molecular weight is 243 g/mol. The maximum atomic E-state index is 11.6. The maximum Gasteiger partial charge on any atom is 0.303 e. The van der Waals surface area contributed by atoms with Crippen molar-refractivity contribution in [3.8, 4) is 5.75 Å². The molecule has 0 atom stereocenters. The zero-order valence-corrected chi connectivity index (χ0v) is 9.20. The third kappa shape index (κ3) is 3.55. The number of phenols is 1. The number of hydrogen-bond donors (Lipinski definition) is 2. The summed E-state index contributed by atoms with van der Waals surface area (Å²) in [7, 11) is 0. The number of hydrogen-bond acceptors (Lipinski definition) is 3. The molecular formula is C11H11ClO4. The van der Waals surface area contributed by atoms with E-state index in [0.29, 0.717) is 5.56 Å². The Morgan fingerprint density at radius 1 is 1.25 bits per heavy atom. The van der Waals surface area contributed by atoms with Crippen molar-refractivity contribution in [2.45, 2.75) is 19.3 Å². The van der Waals surface area contributed by atoms with Gasteiger partial charge in [-0.15, -0.1) is 0 Å². The summed E-state index contributed by atoms with van der Waals surface area (Å²) in [6, 6.07) is 4.09. The van der Waals surface area contributed by atoms with Gasteiger partial charge >= 0.3 is 5.97 Å². The zero-order valence-electron chi connectivity index (χ0n) is 8.44. The van der Waals surface area contributed by atoms with Crippen LogP contribution in [0.15, 0.2) is 18.2 Å². The zero-order chi connectivity index (χ0) is 12.1. The first kappa shape index (κ1) is 12.5. The quantitative estimate of drug-likeness (QED) is 0.778. The summed E-state index contributed by atoms with van der Waals surface area (Å²) >= 11 is 5.77. The van der Waals surface area contributed by atoms with Gasteiger partial charge in [0.05, 0.1) is 5.02 Å². The summed E-state index contributed by atoms with van der Waals surface area (Å²) in [6.45, 7) is 0. The summed E-state index contributed by atoms with van der Waals surface area (Å²) in [5.41, 5.74) is 0.310. The smallest absolute Gasteiger partial charge is 0.303 e. The fraction of sp³-hybridized carbons (Fsp3) is 0.273. The molecule has 2 N–H and O–H groups in total. The molecule has 0 aliphatic heterocycles. The van der Waals surface area contributed by atoms with Crippen LogP contribution in [0.4, 0.5) is 0 Å². The number of carboxylic acids is 1. The van der Waals surface area contributed by atoms with E-state index < -0.39 is 5.97 Å². The molecule has 0 aliphatic carbocycles. The highest BCUT2D eigenvalue weighted by Gasteiger charge is 2.11. The number of carbonyl (C=O) groups excluding carboxylic acids is 1. The van der Waals surface area contributed by atoms with Crippen molar-refractivity contribution in [3.05, 3.63) is 28.8 Å². The van der Waals surface area contributed by atoms with Gasteiger partial charge in [0.1, 0.15) is 5.75 Å². The van der Waals surface area contributed by atoms with Crippen LogP contribution in [0.25, 0.3) is 0 Å². The van der Waals surface area contributed by atoms with Crippen molar-refractivity contribution in [3.63, 3.8) is 0 Å². The number of aliphatic carboxylic acids is 1. The van der Waals surface area contributed by atoms with Gasteiger partial charge in [-0.05, 0) is 24.6 Å². The molecule has 0 saturated heterocycles. The minimum atomic E-state index is -0.926. The van der Waals surface area contributed by atoms with Crippen LogP contribution < -0.4 is 0 Å². The van der Waals surface area contributed by atoms with Crippen molar-refractivity contribution in [2.75, 3.05) is 0 Å². The minimum absolute atomic E-state index is 0.00733. The van der Waals surface area contributed by atoms with Gasteiger partial charge in [0.15, 0.2) is 5.78 Å². The van der Waals surface area contributed by atoms with Gasteiger partial charge in [0, 0.05) is 18.4 Å². The van der Waals surface area contributed by atoms with Gasteiger partial charge in [0.25, 0.3) is 0 Å². The van der Waals surface area contributed by atoms with Crippen molar-refractivity contribution in [1.29, 1.82) is 0 Å². The molecule has 0 bridgehead atoms. The van der Waals surface area contributed by atoms with Crippen LogP contribution in [0.2, 0.25) is 5.02 Å². The second-order valence-corrected chi connectivity index (χ2v) is 3.74. The Bertz CT molecular complexity index is 414. The highest BCUT2D eigenvalue weighted by atomic mass is 35.5. The van der Waals surface area contributed by atoms with Crippen molar-refractivity contribution < 1.29 is 19.8 Å².